The molecule has 2 rings (SSSR count). The van der Waals surface area contributed by atoms with E-state index in [1.54, 1.807) is 0 Å². The lowest BCUT2D eigenvalue weighted by atomic mass is 9.93. The van der Waals surface area contributed by atoms with E-state index in [2.05, 4.69) is 36.0 Å². The van der Waals surface area contributed by atoms with Crippen LogP contribution < -0.4 is 5.32 Å². The van der Waals surface area contributed by atoms with E-state index in [-0.39, 0.29) is 24.0 Å². The van der Waals surface area contributed by atoms with Gasteiger partial charge < -0.3 is 20.1 Å². The first kappa shape index (κ1) is 20.0. The lowest BCUT2D eigenvalue weighted by Crippen LogP contribution is -2.41. The quantitative estimate of drug-likeness (QED) is 0.373. The van der Waals surface area contributed by atoms with Gasteiger partial charge in [-0.2, -0.15) is 0 Å². The molecule has 1 saturated carbocycles. The number of guanidine groups is 1. The van der Waals surface area contributed by atoms with Crippen molar-refractivity contribution >= 4 is 29.9 Å². The molecule has 130 valence electrons. The Morgan fingerprint density at radius 2 is 2.18 bits per heavy atom. The fourth-order valence-electron chi connectivity index (χ4n) is 2.62. The van der Waals surface area contributed by atoms with Gasteiger partial charge in [-0.3, -0.25) is 4.99 Å². The average Bonchev–Trinajstić information content (AvgIpc) is 3.17. The highest BCUT2D eigenvalue weighted by Gasteiger charge is 2.30. The van der Waals surface area contributed by atoms with Gasteiger partial charge in [0.15, 0.2) is 5.96 Å². The fraction of sp³-hybridized carbons (Fsp3) is 0.938. The molecule has 2 N–H and O–H groups in total. The molecule has 0 amide bonds. The number of aliphatic hydroxyl groups is 1. The Kier molecular flexibility index (Phi) is 8.42. The minimum Gasteiger partial charge on any atom is -0.389 e. The molecule has 6 heteroatoms. The van der Waals surface area contributed by atoms with Crippen molar-refractivity contribution in [2.75, 3.05) is 39.4 Å². The molecule has 1 heterocycles. The lowest BCUT2D eigenvalue weighted by Gasteiger charge is -2.24. The maximum atomic E-state index is 9.97. The predicted molar refractivity (Wildman–Crippen MR) is 101 cm³/mol. The second-order valence-electron chi connectivity index (χ2n) is 7.17. The highest BCUT2D eigenvalue weighted by molar-refractivity contribution is 14.0. The van der Waals surface area contributed by atoms with Gasteiger partial charge in [0.05, 0.1) is 19.3 Å². The monoisotopic (exact) mass is 425 g/mol. The number of rotatable bonds is 7. The summed E-state index contributed by atoms with van der Waals surface area (Å²) in [6.45, 7) is 11.2. The molecule has 0 aromatic rings. The highest BCUT2D eigenvalue weighted by Crippen LogP contribution is 2.29. The maximum Gasteiger partial charge on any atom is 0.194 e. The fourth-order valence-corrected chi connectivity index (χ4v) is 2.62. The van der Waals surface area contributed by atoms with E-state index >= 15 is 0 Å². The van der Waals surface area contributed by atoms with Gasteiger partial charge in [-0.25, -0.2) is 0 Å². The average molecular weight is 425 g/mol. The van der Waals surface area contributed by atoms with Crippen LogP contribution in [0.1, 0.15) is 40.0 Å². The van der Waals surface area contributed by atoms with Crippen LogP contribution in [-0.4, -0.2) is 61.5 Å². The molecule has 22 heavy (non-hydrogen) atoms. The highest BCUT2D eigenvalue weighted by atomic mass is 127. The number of likely N-dealkylation sites (tertiary alicyclic amines) is 1. The third-order valence-electron chi connectivity index (χ3n) is 4.12. The first-order valence-corrected chi connectivity index (χ1v) is 8.29. The van der Waals surface area contributed by atoms with Crippen LogP contribution in [0.15, 0.2) is 4.99 Å². The SMILES string of the molecule is CCNC(=NCC(O)COCC1CC1)N1CCC(C)(C)C1.I. The number of halogens is 1. The molecule has 0 aromatic carbocycles. The van der Waals surface area contributed by atoms with Gasteiger partial charge in [0.2, 0.25) is 0 Å². The summed E-state index contributed by atoms with van der Waals surface area (Å²) >= 11 is 0. The van der Waals surface area contributed by atoms with Crippen molar-refractivity contribution in [3.8, 4) is 0 Å². The van der Waals surface area contributed by atoms with Gasteiger partial charge in [-0.15, -0.1) is 24.0 Å². The van der Waals surface area contributed by atoms with Crippen molar-refractivity contribution in [1.29, 1.82) is 0 Å². The Balaban J connectivity index is 0.00000242. The molecular formula is C16H32IN3O2. The van der Waals surface area contributed by atoms with E-state index in [0.717, 1.165) is 38.1 Å². The van der Waals surface area contributed by atoms with E-state index in [1.807, 2.05) is 0 Å². The minimum absolute atomic E-state index is 0. The third-order valence-corrected chi connectivity index (χ3v) is 4.12. The Hall–Kier alpha value is -0.0800. The molecule has 2 fully saturated rings. The number of nitrogens with one attached hydrogen (secondary N) is 1. The Bertz CT molecular complexity index is 359. The molecule has 1 atom stereocenters. The minimum atomic E-state index is -0.506. The molecule has 1 aliphatic heterocycles. The Labute approximate surface area is 151 Å². The predicted octanol–water partition coefficient (Wildman–Crippen LogP) is 2.09. The van der Waals surface area contributed by atoms with E-state index in [4.69, 9.17) is 4.74 Å². The number of hydrogen-bond acceptors (Lipinski definition) is 3. The summed E-state index contributed by atoms with van der Waals surface area (Å²) in [5.41, 5.74) is 0.349. The van der Waals surface area contributed by atoms with Gasteiger partial charge in [0.1, 0.15) is 0 Å². The molecule has 0 spiro atoms. The van der Waals surface area contributed by atoms with E-state index < -0.39 is 6.10 Å². The zero-order valence-electron chi connectivity index (χ0n) is 14.2. The lowest BCUT2D eigenvalue weighted by molar-refractivity contribution is 0.0367. The molecule has 1 aliphatic carbocycles. The van der Waals surface area contributed by atoms with Crippen LogP contribution in [0.4, 0.5) is 0 Å². The number of ether oxygens (including phenoxy) is 1. The number of hydrogen-bond donors (Lipinski definition) is 2. The molecule has 0 bridgehead atoms. The largest absolute Gasteiger partial charge is 0.389 e. The zero-order valence-corrected chi connectivity index (χ0v) is 16.5. The Morgan fingerprint density at radius 3 is 2.73 bits per heavy atom. The topological polar surface area (TPSA) is 57.1 Å². The van der Waals surface area contributed by atoms with E-state index in [9.17, 15) is 5.11 Å². The summed E-state index contributed by atoms with van der Waals surface area (Å²) < 4.78 is 5.52. The van der Waals surface area contributed by atoms with Crippen LogP contribution in [0.3, 0.4) is 0 Å². The standard InChI is InChI=1S/C16H31N3O2.HI/c1-4-17-15(19-8-7-16(2,3)12-19)18-9-14(20)11-21-10-13-5-6-13;/h13-14,20H,4-12H2,1-3H3,(H,17,18);1H. The molecule has 5 nitrogen and oxygen atoms in total. The van der Waals surface area contributed by atoms with Gasteiger partial charge in [0.25, 0.3) is 0 Å². The van der Waals surface area contributed by atoms with Crippen LogP contribution in [0.2, 0.25) is 0 Å². The van der Waals surface area contributed by atoms with Gasteiger partial charge in [0, 0.05) is 26.2 Å². The van der Waals surface area contributed by atoms with Crippen molar-refractivity contribution in [1.82, 2.24) is 10.2 Å². The van der Waals surface area contributed by atoms with Crippen molar-refractivity contribution in [3.63, 3.8) is 0 Å². The summed E-state index contributed by atoms with van der Waals surface area (Å²) in [6.07, 6.45) is 3.24. The van der Waals surface area contributed by atoms with E-state index in [1.165, 1.54) is 19.3 Å². The van der Waals surface area contributed by atoms with Crippen LogP contribution in [0.25, 0.3) is 0 Å². The van der Waals surface area contributed by atoms with Crippen LogP contribution in [-0.2, 0) is 4.74 Å². The normalized spacial score (nSPS) is 22.4. The van der Waals surface area contributed by atoms with Gasteiger partial charge in [-0.1, -0.05) is 13.8 Å². The second kappa shape index (κ2) is 9.27. The molecule has 0 aromatic heterocycles. The molecule has 1 saturated heterocycles. The second-order valence-corrected chi connectivity index (χ2v) is 7.17. The third kappa shape index (κ3) is 7.00. The number of nitrogens with zero attached hydrogens (tertiary/aromatic N) is 2. The summed E-state index contributed by atoms with van der Waals surface area (Å²) in [5, 5.41) is 13.3. The van der Waals surface area contributed by atoms with Gasteiger partial charge >= 0.3 is 0 Å². The first-order valence-electron chi connectivity index (χ1n) is 8.29. The molecular weight excluding hydrogens is 393 g/mol. The zero-order chi connectivity index (χ0) is 15.3. The first-order chi connectivity index (χ1) is 10.00. The molecule has 0 radical (unpaired) electrons. The smallest absolute Gasteiger partial charge is 0.194 e. The number of aliphatic imine (C=N–C) groups is 1. The van der Waals surface area contributed by atoms with Crippen molar-refractivity contribution in [2.24, 2.45) is 16.3 Å². The van der Waals surface area contributed by atoms with Crippen molar-refractivity contribution in [2.45, 2.75) is 46.1 Å². The van der Waals surface area contributed by atoms with Crippen LogP contribution in [0.5, 0.6) is 0 Å². The number of aliphatic hydroxyl groups excluding tert-OH is 1. The molecule has 2 aliphatic rings. The van der Waals surface area contributed by atoms with Gasteiger partial charge in [-0.05, 0) is 37.5 Å². The Morgan fingerprint density at radius 1 is 1.45 bits per heavy atom. The van der Waals surface area contributed by atoms with Crippen LogP contribution >= 0.6 is 24.0 Å². The summed E-state index contributed by atoms with van der Waals surface area (Å²) in [5.74, 6) is 1.66. The maximum absolute atomic E-state index is 9.97. The summed E-state index contributed by atoms with van der Waals surface area (Å²) in [7, 11) is 0. The summed E-state index contributed by atoms with van der Waals surface area (Å²) in [4.78, 5) is 6.87. The summed E-state index contributed by atoms with van der Waals surface area (Å²) in [6, 6.07) is 0. The van der Waals surface area contributed by atoms with Crippen molar-refractivity contribution < 1.29 is 9.84 Å². The van der Waals surface area contributed by atoms with Crippen molar-refractivity contribution in [3.05, 3.63) is 0 Å². The van der Waals surface area contributed by atoms with Crippen LogP contribution in [0, 0.1) is 11.3 Å². The van der Waals surface area contributed by atoms with E-state index in [0.29, 0.717) is 18.6 Å². The molecule has 1 unspecified atom stereocenters.